The van der Waals surface area contributed by atoms with Crippen LogP contribution in [-0.4, -0.2) is 41.3 Å². The molecule has 1 amide bonds. The molecule has 1 aromatic carbocycles. The van der Waals surface area contributed by atoms with Gasteiger partial charge in [-0.2, -0.15) is 0 Å². The van der Waals surface area contributed by atoms with E-state index in [1.54, 1.807) is 12.1 Å². The minimum atomic E-state index is -1.31. The molecule has 1 rings (SSSR count). The number of aliphatic hydroxyl groups is 1. The summed E-state index contributed by atoms with van der Waals surface area (Å²) in [6, 6.07) is 5.79. The summed E-state index contributed by atoms with van der Waals surface area (Å²) in [5.41, 5.74) is 1.07. The average Bonchev–Trinajstić information content (AvgIpc) is 2.35. The van der Waals surface area contributed by atoms with E-state index in [0.29, 0.717) is 5.75 Å². The highest BCUT2D eigenvalue weighted by Crippen LogP contribution is 2.10. The molecule has 6 heteroatoms. The highest BCUT2D eigenvalue weighted by molar-refractivity contribution is 5.84. The van der Waals surface area contributed by atoms with Crippen molar-refractivity contribution in [2.45, 2.75) is 13.0 Å². The van der Waals surface area contributed by atoms with E-state index in [0.717, 1.165) is 5.56 Å². The zero-order valence-corrected chi connectivity index (χ0v) is 9.92. The van der Waals surface area contributed by atoms with Crippen molar-refractivity contribution < 1.29 is 24.5 Å². The van der Waals surface area contributed by atoms with Crippen molar-refractivity contribution in [3.8, 4) is 5.75 Å². The van der Waals surface area contributed by atoms with Gasteiger partial charge in [-0.05, 0) is 19.1 Å². The molecule has 18 heavy (non-hydrogen) atoms. The topological polar surface area (TPSA) is 95.9 Å². The molecule has 98 valence electrons. The summed E-state index contributed by atoms with van der Waals surface area (Å²) in [4.78, 5) is 21.9. The molecule has 0 saturated heterocycles. The molecule has 0 unspecified atom stereocenters. The first-order valence-electron chi connectivity index (χ1n) is 5.35. The summed E-state index contributed by atoms with van der Waals surface area (Å²) in [5.74, 6) is -1.37. The lowest BCUT2D eigenvalue weighted by atomic mass is 10.2. The van der Waals surface area contributed by atoms with Crippen LogP contribution >= 0.6 is 0 Å². The second kappa shape index (κ2) is 6.61. The van der Waals surface area contributed by atoms with Gasteiger partial charge in [0.25, 0.3) is 5.91 Å². The highest BCUT2D eigenvalue weighted by atomic mass is 16.5. The number of carbonyl (C=O) groups excluding carboxylic acids is 1. The number of aliphatic hydroxyl groups excluding tert-OH is 1. The summed E-state index contributed by atoms with van der Waals surface area (Å²) in [6.07, 6.45) is 0. The minimum Gasteiger partial charge on any atom is -0.484 e. The maximum Gasteiger partial charge on any atom is 0.328 e. The van der Waals surface area contributed by atoms with Crippen LogP contribution in [0.2, 0.25) is 0 Å². The molecule has 0 radical (unpaired) electrons. The number of hydrogen-bond donors (Lipinski definition) is 3. The van der Waals surface area contributed by atoms with E-state index in [4.69, 9.17) is 14.9 Å². The van der Waals surface area contributed by atoms with Crippen molar-refractivity contribution in [2.24, 2.45) is 0 Å². The number of benzene rings is 1. The molecule has 0 fully saturated rings. The standard InChI is InChI=1S/C12H15NO5/c1-8-2-4-9(5-3-8)18-7-11(15)13-10(6-14)12(16)17/h2-5,10,14H,6-7H2,1H3,(H,13,15)(H,16,17)/t10-/m1/s1. The van der Waals surface area contributed by atoms with Gasteiger partial charge in [0.15, 0.2) is 6.61 Å². The number of amides is 1. The predicted octanol–water partition coefficient (Wildman–Crippen LogP) is -0.0645. The lowest BCUT2D eigenvalue weighted by Crippen LogP contribution is -2.45. The molecule has 1 aromatic rings. The monoisotopic (exact) mass is 253 g/mol. The molecule has 0 aliphatic rings. The van der Waals surface area contributed by atoms with Crippen molar-refractivity contribution in [3.05, 3.63) is 29.8 Å². The SMILES string of the molecule is Cc1ccc(OCC(=O)N[C@H](CO)C(=O)O)cc1. The number of carboxylic acids is 1. The average molecular weight is 253 g/mol. The summed E-state index contributed by atoms with van der Waals surface area (Å²) >= 11 is 0. The van der Waals surface area contributed by atoms with Gasteiger partial charge in [0.1, 0.15) is 11.8 Å². The third-order valence-electron chi connectivity index (χ3n) is 2.21. The normalized spacial score (nSPS) is 11.7. The third kappa shape index (κ3) is 4.42. The molecule has 0 bridgehead atoms. The number of ether oxygens (including phenoxy) is 1. The van der Waals surface area contributed by atoms with Gasteiger partial charge in [-0.3, -0.25) is 4.79 Å². The molecule has 0 aliphatic heterocycles. The number of carbonyl (C=O) groups is 2. The molecule has 0 aromatic heterocycles. The van der Waals surface area contributed by atoms with Crippen LogP contribution in [0.25, 0.3) is 0 Å². The summed E-state index contributed by atoms with van der Waals surface area (Å²) < 4.78 is 5.16. The van der Waals surface area contributed by atoms with Gasteiger partial charge in [0.2, 0.25) is 0 Å². The lowest BCUT2D eigenvalue weighted by molar-refractivity contribution is -0.143. The highest BCUT2D eigenvalue weighted by Gasteiger charge is 2.18. The smallest absolute Gasteiger partial charge is 0.328 e. The number of aliphatic carboxylic acids is 1. The Bertz CT molecular complexity index is 415. The van der Waals surface area contributed by atoms with E-state index in [9.17, 15) is 9.59 Å². The van der Waals surface area contributed by atoms with Crippen LogP contribution in [0.15, 0.2) is 24.3 Å². The Morgan fingerprint density at radius 1 is 1.33 bits per heavy atom. The summed E-state index contributed by atoms with van der Waals surface area (Å²) in [6.45, 7) is 0.966. The van der Waals surface area contributed by atoms with Crippen LogP contribution < -0.4 is 10.1 Å². The van der Waals surface area contributed by atoms with Crippen LogP contribution in [0.1, 0.15) is 5.56 Å². The minimum absolute atomic E-state index is 0.299. The number of hydrogen-bond acceptors (Lipinski definition) is 4. The first-order chi connectivity index (χ1) is 8.52. The second-order valence-corrected chi connectivity index (χ2v) is 3.74. The zero-order chi connectivity index (χ0) is 13.5. The summed E-state index contributed by atoms with van der Waals surface area (Å²) in [5, 5.41) is 19.5. The number of carboxylic acid groups (broad SMARTS) is 1. The molecule has 0 saturated carbocycles. The maximum absolute atomic E-state index is 11.3. The first-order valence-corrected chi connectivity index (χ1v) is 5.35. The lowest BCUT2D eigenvalue weighted by Gasteiger charge is -2.12. The third-order valence-corrected chi connectivity index (χ3v) is 2.21. The van der Waals surface area contributed by atoms with E-state index in [-0.39, 0.29) is 6.61 Å². The van der Waals surface area contributed by atoms with E-state index in [1.165, 1.54) is 0 Å². The largest absolute Gasteiger partial charge is 0.484 e. The zero-order valence-electron chi connectivity index (χ0n) is 9.92. The van der Waals surface area contributed by atoms with Crippen LogP contribution in [0, 0.1) is 6.92 Å². The maximum atomic E-state index is 11.3. The van der Waals surface area contributed by atoms with Crippen LogP contribution in [0.5, 0.6) is 5.75 Å². The van der Waals surface area contributed by atoms with Crippen LogP contribution in [0.3, 0.4) is 0 Å². The van der Waals surface area contributed by atoms with Crippen molar-refractivity contribution in [1.82, 2.24) is 5.32 Å². The Hall–Kier alpha value is -2.08. The van der Waals surface area contributed by atoms with E-state index < -0.39 is 24.5 Å². The molecule has 6 nitrogen and oxygen atoms in total. The quantitative estimate of drug-likeness (QED) is 0.660. The van der Waals surface area contributed by atoms with Crippen molar-refractivity contribution in [1.29, 1.82) is 0 Å². The van der Waals surface area contributed by atoms with Gasteiger partial charge in [0.05, 0.1) is 6.61 Å². The van der Waals surface area contributed by atoms with E-state index in [2.05, 4.69) is 5.32 Å². The number of nitrogens with one attached hydrogen (secondary N) is 1. The Labute approximate surface area is 104 Å². The fourth-order valence-corrected chi connectivity index (χ4v) is 1.20. The van der Waals surface area contributed by atoms with E-state index >= 15 is 0 Å². The van der Waals surface area contributed by atoms with Gasteiger partial charge < -0.3 is 20.3 Å². The number of rotatable bonds is 6. The van der Waals surface area contributed by atoms with Crippen molar-refractivity contribution in [2.75, 3.05) is 13.2 Å². The number of aryl methyl sites for hydroxylation is 1. The van der Waals surface area contributed by atoms with Crippen molar-refractivity contribution >= 4 is 11.9 Å². The van der Waals surface area contributed by atoms with Crippen LogP contribution in [-0.2, 0) is 9.59 Å². The molecule has 0 aliphatic carbocycles. The Morgan fingerprint density at radius 2 is 1.94 bits per heavy atom. The van der Waals surface area contributed by atoms with Gasteiger partial charge >= 0.3 is 5.97 Å². The van der Waals surface area contributed by atoms with Crippen molar-refractivity contribution in [3.63, 3.8) is 0 Å². The predicted molar refractivity (Wildman–Crippen MR) is 63.3 cm³/mol. The summed E-state index contributed by atoms with van der Waals surface area (Å²) in [7, 11) is 0. The Kier molecular flexibility index (Phi) is 5.13. The second-order valence-electron chi connectivity index (χ2n) is 3.74. The Balaban J connectivity index is 2.41. The van der Waals surface area contributed by atoms with E-state index in [1.807, 2.05) is 19.1 Å². The van der Waals surface area contributed by atoms with Crippen LogP contribution in [0.4, 0.5) is 0 Å². The molecular weight excluding hydrogens is 238 g/mol. The fraction of sp³-hybridized carbons (Fsp3) is 0.333. The molecular formula is C12H15NO5. The molecule has 1 atom stereocenters. The molecule has 0 heterocycles. The van der Waals surface area contributed by atoms with Gasteiger partial charge in [0, 0.05) is 0 Å². The molecule has 0 spiro atoms. The first kappa shape index (κ1) is 14.0. The Morgan fingerprint density at radius 3 is 2.44 bits per heavy atom. The molecule has 3 N–H and O–H groups in total. The van der Waals surface area contributed by atoms with Gasteiger partial charge in [-0.25, -0.2) is 4.79 Å². The fourth-order valence-electron chi connectivity index (χ4n) is 1.20. The van der Waals surface area contributed by atoms with Gasteiger partial charge in [-0.1, -0.05) is 17.7 Å². The van der Waals surface area contributed by atoms with Gasteiger partial charge in [-0.15, -0.1) is 0 Å².